The van der Waals surface area contributed by atoms with Crippen LogP contribution in [0.2, 0.25) is 5.02 Å². The zero-order valence-corrected chi connectivity index (χ0v) is 13.4. The summed E-state index contributed by atoms with van der Waals surface area (Å²) in [6.07, 6.45) is 7.37. The number of piperidine rings is 1. The topological polar surface area (TPSA) is 54.5 Å². The van der Waals surface area contributed by atoms with Crippen LogP contribution in [0.5, 0.6) is 0 Å². The number of nitrogens with zero attached hydrogens (tertiary/aromatic N) is 2. The third kappa shape index (κ3) is 3.70. The first kappa shape index (κ1) is 15.6. The molecular formula is C16H22ClN3O2. The van der Waals surface area contributed by atoms with E-state index in [4.69, 9.17) is 16.3 Å². The molecule has 0 radical (unpaired) electrons. The molecule has 1 aromatic rings. The third-order valence-electron chi connectivity index (χ3n) is 4.25. The standard InChI is InChI=1S/C16H22ClN3O2/c17-14-9-12(16(21)20-6-2-1-3-7-20)10-18-15(14)19-11-13-5-4-8-22-13/h9-10,13H,1-8,11H2,(H,18,19)/t13-/m1/s1. The molecule has 3 heterocycles. The van der Waals surface area contributed by atoms with Gasteiger partial charge in [0.2, 0.25) is 0 Å². The van der Waals surface area contributed by atoms with Crippen molar-refractivity contribution in [3.8, 4) is 0 Å². The number of hydrogen-bond acceptors (Lipinski definition) is 4. The van der Waals surface area contributed by atoms with Gasteiger partial charge in [-0.2, -0.15) is 0 Å². The summed E-state index contributed by atoms with van der Waals surface area (Å²) in [6.45, 7) is 3.19. The lowest BCUT2D eigenvalue weighted by atomic mass is 10.1. The number of anilines is 1. The maximum absolute atomic E-state index is 12.4. The molecule has 0 bridgehead atoms. The van der Waals surface area contributed by atoms with Crippen molar-refractivity contribution in [2.24, 2.45) is 0 Å². The van der Waals surface area contributed by atoms with E-state index in [-0.39, 0.29) is 12.0 Å². The molecule has 1 aromatic heterocycles. The van der Waals surface area contributed by atoms with Gasteiger partial charge in [-0.25, -0.2) is 4.98 Å². The van der Waals surface area contributed by atoms with Crippen molar-refractivity contribution < 1.29 is 9.53 Å². The lowest BCUT2D eigenvalue weighted by Gasteiger charge is -2.26. The van der Waals surface area contributed by atoms with Crippen LogP contribution in [-0.2, 0) is 4.74 Å². The molecule has 1 N–H and O–H groups in total. The summed E-state index contributed by atoms with van der Waals surface area (Å²) in [5.41, 5.74) is 0.564. The van der Waals surface area contributed by atoms with E-state index in [1.165, 1.54) is 6.42 Å². The minimum atomic E-state index is 0.0276. The fraction of sp³-hybridized carbons (Fsp3) is 0.625. The zero-order chi connectivity index (χ0) is 15.4. The van der Waals surface area contributed by atoms with Gasteiger partial charge in [0.15, 0.2) is 0 Å². The van der Waals surface area contributed by atoms with Crippen LogP contribution in [0.3, 0.4) is 0 Å². The molecule has 0 spiro atoms. The number of rotatable bonds is 4. The predicted molar refractivity (Wildman–Crippen MR) is 86.5 cm³/mol. The van der Waals surface area contributed by atoms with Crippen LogP contribution in [0.15, 0.2) is 12.3 Å². The second kappa shape index (κ2) is 7.29. The Morgan fingerprint density at radius 2 is 2.18 bits per heavy atom. The molecule has 2 saturated heterocycles. The molecule has 2 aliphatic heterocycles. The van der Waals surface area contributed by atoms with Gasteiger partial charge in [0.1, 0.15) is 5.82 Å². The molecule has 120 valence electrons. The Hall–Kier alpha value is -1.33. The normalized spacial score (nSPS) is 21.9. The van der Waals surface area contributed by atoms with E-state index >= 15 is 0 Å². The minimum Gasteiger partial charge on any atom is -0.376 e. The van der Waals surface area contributed by atoms with Gasteiger partial charge in [-0.3, -0.25) is 4.79 Å². The summed E-state index contributed by atoms with van der Waals surface area (Å²) < 4.78 is 5.56. The Balaban J connectivity index is 1.61. The molecule has 1 atom stereocenters. The maximum Gasteiger partial charge on any atom is 0.255 e. The monoisotopic (exact) mass is 323 g/mol. The molecule has 5 nitrogen and oxygen atoms in total. The number of aromatic nitrogens is 1. The van der Waals surface area contributed by atoms with Gasteiger partial charge in [-0.05, 0) is 38.2 Å². The first-order valence-corrected chi connectivity index (χ1v) is 8.42. The van der Waals surface area contributed by atoms with E-state index in [9.17, 15) is 4.79 Å². The predicted octanol–water partition coefficient (Wildman–Crippen LogP) is 2.95. The fourth-order valence-corrected chi connectivity index (χ4v) is 3.21. The molecule has 6 heteroatoms. The second-order valence-corrected chi connectivity index (χ2v) is 6.33. The van der Waals surface area contributed by atoms with Crippen LogP contribution in [-0.4, -0.2) is 48.1 Å². The van der Waals surface area contributed by atoms with Crippen LogP contribution < -0.4 is 5.32 Å². The average Bonchev–Trinajstić information content (AvgIpc) is 3.07. The molecule has 2 aliphatic rings. The van der Waals surface area contributed by atoms with E-state index in [1.807, 2.05) is 4.90 Å². The fourth-order valence-electron chi connectivity index (χ4n) is 2.98. The Morgan fingerprint density at radius 3 is 2.86 bits per heavy atom. The molecule has 0 unspecified atom stereocenters. The number of hydrogen-bond donors (Lipinski definition) is 1. The van der Waals surface area contributed by atoms with E-state index in [0.717, 1.165) is 45.4 Å². The second-order valence-electron chi connectivity index (χ2n) is 5.92. The van der Waals surface area contributed by atoms with Crippen LogP contribution >= 0.6 is 11.6 Å². The third-order valence-corrected chi connectivity index (χ3v) is 4.54. The Bertz CT molecular complexity index is 526. The van der Waals surface area contributed by atoms with Crippen molar-refractivity contribution in [2.45, 2.75) is 38.2 Å². The largest absolute Gasteiger partial charge is 0.376 e. The van der Waals surface area contributed by atoms with Gasteiger partial charge >= 0.3 is 0 Å². The lowest BCUT2D eigenvalue weighted by molar-refractivity contribution is 0.0724. The highest BCUT2D eigenvalue weighted by Gasteiger charge is 2.20. The smallest absolute Gasteiger partial charge is 0.255 e. The van der Waals surface area contributed by atoms with Crippen molar-refractivity contribution >= 4 is 23.3 Å². The minimum absolute atomic E-state index is 0.0276. The van der Waals surface area contributed by atoms with E-state index in [0.29, 0.717) is 22.9 Å². The number of carbonyl (C=O) groups excluding carboxylic acids is 1. The molecule has 2 fully saturated rings. The first-order chi connectivity index (χ1) is 10.7. The summed E-state index contributed by atoms with van der Waals surface area (Å²) in [5.74, 6) is 0.645. The van der Waals surface area contributed by atoms with Crippen molar-refractivity contribution in [1.29, 1.82) is 0 Å². The molecule has 22 heavy (non-hydrogen) atoms. The maximum atomic E-state index is 12.4. The molecule has 0 aliphatic carbocycles. The van der Waals surface area contributed by atoms with Gasteiger partial charge in [-0.15, -0.1) is 0 Å². The van der Waals surface area contributed by atoms with E-state index in [2.05, 4.69) is 10.3 Å². The SMILES string of the molecule is O=C(c1cnc(NC[C@H]2CCCO2)c(Cl)c1)N1CCCCC1. The van der Waals surface area contributed by atoms with Gasteiger partial charge in [0.05, 0.1) is 16.7 Å². The van der Waals surface area contributed by atoms with Crippen LogP contribution in [0.4, 0.5) is 5.82 Å². The molecule has 0 aromatic carbocycles. The van der Waals surface area contributed by atoms with Crippen molar-refractivity contribution in [2.75, 3.05) is 31.6 Å². The number of halogens is 1. The molecule has 3 rings (SSSR count). The summed E-state index contributed by atoms with van der Waals surface area (Å²) >= 11 is 6.26. The number of ether oxygens (including phenoxy) is 1. The van der Waals surface area contributed by atoms with E-state index < -0.39 is 0 Å². The van der Waals surface area contributed by atoms with E-state index in [1.54, 1.807) is 12.3 Å². The van der Waals surface area contributed by atoms with Crippen molar-refractivity contribution in [3.05, 3.63) is 22.8 Å². The Kier molecular flexibility index (Phi) is 5.16. The van der Waals surface area contributed by atoms with Gasteiger partial charge in [-0.1, -0.05) is 11.6 Å². The molecular weight excluding hydrogens is 302 g/mol. The Morgan fingerprint density at radius 1 is 1.36 bits per heavy atom. The van der Waals surface area contributed by atoms with Gasteiger partial charge in [0, 0.05) is 32.4 Å². The highest BCUT2D eigenvalue weighted by Crippen LogP contribution is 2.23. The van der Waals surface area contributed by atoms with Gasteiger partial charge < -0.3 is 15.0 Å². The highest BCUT2D eigenvalue weighted by molar-refractivity contribution is 6.33. The Labute approximate surface area is 136 Å². The number of pyridine rings is 1. The highest BCUT2D eigenvalue weighted by atomic mass is 35.5. The summed E-state index contributed by atoms with van der Waals surface area (Å²) in [5, 5.41) is 3.69. The average molecular weight is 324 g/mol. The van der Waals surface area contributed by atoms with Gasteiger partial charge in [0.25, 0.3) is 5.91 Å². The molecule has 1 amide bonds. The summed E-state index contributed by atoms with van der Waals surface area (Å²) in [4.78, 5) is 18.6. The van der Waals surface area contributed by atoms with Crippen molar-refractivity contribution in [1.82, 2.24) is 9.88 Å². The first-order valence-electron chi connectivity index (χ1n) is 8.04. The van der Waals surface area contributed by atoms with Crippen LogP contribution in [0.1, 0.15) is 42.5 Å². The van der Waals surface area contributed by atoms with Crippen LogP contribution in [0.25, 0.3) is 0 Å². The van der Waals surface area contributed by atoms with Crippen molar-refractivity contribution in [3.63, 3.8) is 0 Å². The summed E-state index contributed by atoms with van der Waals surface area (Å²) in [6, 6.07) is 1.71. The number of amides is 1. The molecule has 0 saturated carbocycles. The number of carbonyl (C=O) groups is 1. The number of likely N-dealkylation sites (tertiary alicyclic amines) is 1. The lowest BCUT2D eigenvalue weighted by Crippen LogP contribution is -2.35. The number of nitrogens with one attached hydrogen (secondary N) is 1. The summed E-state index contributed by atoms with van der Waals surface area (Å²) in [7, 11) is 0. The zero-order valence-electron chi connectivity index (χ0n) is 12.7. The quantitative estimate of drug-likeness (QED) is 0.925. The van der Waals surface area contributed by atoms with Crippen LogP contribution in [0, 0.1) is 0 Å².